The highest BCUT2D eigenvalue weighted by atomic mass is 16.5. The van der Waals surface area contributed by atoms with Gasteiger partial charge in [-0.2, -0.15) is 0 Å². The lowest BCUT2D eigenvalue weighted by atomic mass is 10.1. The number of morpholine rings is 1. The van der Waals surface area contributed by atoms with E-state index in [1.165, 1.54) is 5.56 Å². The van der Waals surface area contributed by atoms with Crippen molar-refractivity contribution in [2.75, 3.05) is 67.1 Å². The second-order valence-electron chi connectivity index (χ2n) is 6.22. The van der Waals surface area contributed by atoms with Gasteiger partial charge in [0.2, 0.25) is 0 Å². The largest absolute Gasteiger partial charge is 0.379 e. The predicted octanol–water partition coefficient (Wildman–Crippen LogP) is 0.787. The van der Waals surface area contributed by atoms with Crippen molar-refractivity contribution in [2.45, 2.75) is 6.04 Å². The molecule has 0 spiro atoms. The van der Waals surface area contributed by atoms with Crippen LogP contribution in [0.15, 0.2) is 35.3 Å². The highest BCUT2D eigenvalue weighted by Gasteiger charge is 2.14. The van der Waals surface area contributed by atoms with Crippen LogP contribution in [-0.4, -0.2) is 82.8 Å². The van der Waals surface area contributed by atoms with Crippen molar-refractivity contribution in [2.24, 2.45) is 4.99 Å². The van der Waals surface area contributed by atoms with Crippen LogP contribution in [0.4, 0.5) is 0 Å². The molecular formula is C18H31N5O. The first-order valence-electron chi connectivity index (χ1n) is 8.66. The SMILES string of the molecule is CN=C(NCCN1CCOCC1)NCC(c1ccccc1)N(C)C. The summed E-state index contributed by atoms with van der Waals surface area (Å²) in [5, 5.41) is 6.84. The summed E-state index contributed by atoms with van der Waals surface area (Å²) in [6.45, 7) is 6.43. The number of nitrogens with one attached hydrogen (secondary N) is 2. The molecule has 0 aromatic heterocycles. The van der Waals surface area contributed by atoms with Gasteiger partial charge in [-0.25, -0.2) is 0 Å². The van der Waals surface area contributed by atoms with E-state index >= 15 is 0 Å². The van der Waals surface area contributed by atoms with Crippen LogP contribution in [-0.2, 0) is 4.74 Å². The summed E-state index contributed by atoms with van der Waals surface area (Å²) < 4.78 is 5.37. The summed E-state index contributed by atoms with van der Waals surface area (Å²) in [4.78, 5) is 8.97. The van der Waals surface area contributed by atoms with Crippen LogP contribution in [0.5, 0.6) is 0 Å². The zero-order chi connectivity index (χ0) is 17.2. The Morgan fingerprint density at radius 3 is 2.54 bits per heavy atom. The van der Waals surface area contributed by atoms with Crippen molar-refractivity contribution >= 4 is 5.96 Å². The Kier molecular flexibility index (Phi) is 8.01. The van der Waals surface area contributed by atoms with Crippen molar-refractivity contribution in [1.82, 2.24) is 20.4 Å². The molecular weight excluding hydrogens is 302 g/mol. The van der Waals surface area contributed by atoms with E-state index in [4.69, 9.17) is 4.74 Å². The lowest BCUT2D eigenvalue weighted by Gasteiger charge is -2.28. The van der Waals surface area contributed by atoms with Gasteiger partial charge in [-0.05, 0) is 19.7 Å². The van der Waals surface area contributed by atoms with E-state index in [9.17, 15) is 0 Å². The smallest absolute Gasteiger partial charge is 0.191 e. The molecule has 0 bridgehead atoms. The highest BCUT2D eigenvalue weighted by molar-refractivity contribution is 5.79. The Balaban J connectivity index is 1.77. The molecule has 134 valence electrons. The van der Waals surface area contributed by atoms with Crippen molar-refractivity contribution in [3.8, 4) is 0 Å². The molecule has 2 N–H and O–H groups in total. The summed E-state index contributed by atoms with van der Waals surface area (Å²) in [6.07, 6.45) is 0. The van der Waals surface area contributed by atoms with Crippen LogP contribution in [0.25, 0.3) is 0 Å². The summed E-state index contributed by atoms with van der Waals surface area (Å²) in [7, 11) is 6.03. The third kappa shape index (κ3) is 6.11. The monoisotopic (exact) mass is 333 g/mol. The number of guanidine groups is 1. The van der Waals surface area contributed by atoms with E-state index in [-0.39, 0.29) is 0 Å². The minimum absolute atomic E-state index is 0.309. The molecule has 1 unspecified atom stereocenters. The maximum Gasteiger partial charge on any atom is 0.191 e. The molecule has 1 saturated heterocycles. The summed E-state index contributed by atoms with van der Waals surface area (Å²) in [5.41, 5.74) is 1.30. The first kappa shape index (κ1) is 18.7. The zero-order valence-electron chi connectivity index (χ0n) is 15.2. The summed E-state index contributed by atoms with van der Waals surface area (Å²) >= 11 is 0. The van der Waals surface area contributed by atoms with Crippen molar-refractivity contribution in [3.05, 3.63) is 35.9 Å². The minimum atomic E-state index is 0.309. The maximum atomic E-state index is 5.37. The predicted molar refractivity (Wildman–Crippen MR) is 99.5 cm³/mol. The molecule has 0 saturated carbocycles. The zero-order valence-corrected chi connectivity index (χ0v) is 15.2. The Labute approximate surface area is 145 Å². The molecule has 24 heavy (non-hydrogen) atoms. The molecule has 0 amide bonds. The number of aliphatic imine (C=N–C) groups is 1. The van der Waals surface area contributed by atoms with Gasteiger partial charge in [0, 0.05) is 39.8 Å². The van der Waals surface area contributed by atoms with Crippen LogP contribution in [0.3, 0.4) is 0 Å². The van der Waals surface area contributed by atoms with Crippen LogP contribution in [0.1, 0.15) is 11.6 Å². The van der Waals surface area contributed by atoms with E-state index in [1.54, 1.807) is 0 Å². The second kappa shape index (κ2) is 10.3. The number of benzene rings is 1. The minimum Gasteiger partial charge on any atom is -0.379 e. The van der Waals surface area contributed by atoms with Gasteiger partial charge in [-0.1, -0.05) is 30.3 Å². The molecule has 6 heteroatoms. The number of ether oxygens (including phenoxy) is 1. The highest BCUT2D eigenvalue weighted by Crippen LogP contribution is 2.16. The molecule has 6 nitrogen and oxygen atoms in total. The van der Waals surface area contributed by atoms with Crippen LogP contribution >= 0.6 is 0 Å². The number of hydrogen-bond donors (Lipinski definition) is 2. The van der Waals surface area contributed by atoms with E-state index in [0.717, 1.165) is 51.9 Å². The topological polar surface area (TPSA) is 52.1 Å². The van der Waals surface area contributed by atoms with Crippen LogP contribution in [0.2, 0.25) is 0 Å². The number of hydrogen-bond acceptors (Lipinski definition) is 4. The molecule has 1 aliphatic heterocycles. The van der Waals surface area contributed by atoms with E-state index < -0.39 is 0 Å². The Hall–Kier alpha value is -1.63. The third-order valence-corrected chi connectivity index (χ3v) is 4.32. The first-order chi connectivity index (χ1) is 11.7. The third-order valence-electron chi connectivity index (χ3n) is 4.32. The van der Waals surface area contributed by atoms with Crippen molar-refractivity contribution in [1.29, 1.82) is 0 Å². The lowest BCUT2D eigenvalue weighted by molar-refractivity contribution is 0.0389. The van der Waals surface area contributed by atoms with Gasteiger partial charge in [0.15, 0.2) is 5.96 Å². The van der Waals surface area contributed by atoms with Crippen LogP contribution in [0, 0.1) is 0 Å². The number of rotatable bonds is 7. The fraction of sp³-hybridized carbons (Fsp3) is 0.611. The maximum absolute atomic E-state index is 5.37. The summed E-state index contributed by atoms with van der Waals surface area (Å²) in [6, 6.07) is 10.9. The molecule has 0 radical (unpaired) electrons. The molecule has 1 fully saturated rings. The Morgan fingerprint density at radius 1 is 1.21 bits per heavy atom. The van der Waals surface area contributed by atoms with Crippen molar-refractivity contribution < 1.29 is 4.74 Å². The quantitative estimate of drug-likeness (QED) is 0.571. The van der Waals surface area contributed by atoms with Crippen molar-refractivity contribution in [3.63, 3.8) is 0 Å². The van der Waals surface area contributed by atoms with Gasteiger partial charge < -0.3 is 20.3 Å². The van der Waals surface area contributed by atoms with Crippen LogP contribution < -0.4 is 10.6 Å². The number of nitrogens with zero attached hydrogens (tertiary/aromatic N) is 3. The standard InChI is InChI=1S/C18H31N5O/c1-19-18(20-9-10-23-11-13-24-14-12-23)21-15-17(22(2)3)16-7-5-4-6-8-16/h4-8,17H,9-15H2,1-3H3,(H2,19,20,21). The van der Waals surface area contributed by atoms with Gasteiger partial charge in [-0.3, -0.25) is 9.89 Å². The van der Waals surface area contributed by atoms with E-state index in [1.807, 2.05) is 7.05 Å². The fourth-order valence-corrected chi connectivity index (χ4v) is 2.84. The lowest BCUT2D eigenvalue weighted by Crippen LogP contribution is -2.46. The molecule has 1 aromatic carbocycles. The van der Waals surface area contributed by atoms with Gasteiger partial charge in [-0.15, -0.1) is 0 Å². The molecule has 1 aromatic rings. The molecule has 1 aliphatic rings. The molecule has 0 aliphatic carbocycles. The number of likely N-dealkylation sites (N-methyl/N-ethyl adjacent to an activating group) is 1. The van der Waals surface area contributed by atoms with E-state index in [2.05, 4.69) is 69.9 Å². The normalized spacial score (nSPS) is 17.8. The fourth-order valence-electron chi connectivity index (χ4n) is 2.84. The molecule has 1 atom stereocenters. The molecule has 1 heterocycles. The molecule has 2 rings (SSSR count). The first-order valence-corrected chi connectivity index (χ1v) is 8.66. The Morgan fingerprint density at radius 2 is 1.92 bits per heavy atom. The van der Waals surface area contributed by atoms with Gasteiger partial charge in [0.1, 0.15) is 0 Å². The average molecular weight is 333 g/mol. The van der Waals surface area contributed by atoms with Gasteiger partial charge >= 0.3 is 0 Å². The second-order valence-corrected chi connectivity index (χ2v) is 6.22. The summed E-state index contributed by atoms with van der Waals surface area (Å²) in [5.74, 6) is 0.853. The Bertz CT molecular complexity index is 485. The average Bonchev–Trinajstić information content (AvgIpc) is 2.62. The van der Waals surface area contributed by atoms with E-state index in [0.29, 0.717) is 6.04 Å². The van der Waals surface area contributed by atoms with Gasteiger partial charge in [0.25, 0.3) is 0 Å². The van der Waals surface area contributed by atoms with Gasteiger partial charge in [0.05, 0.1) is 19.3 Å².